The lowest BCUT2D eigenvalue weighted by molar-refractivity contribution is 0.0940. The number of hydrogen-bond acceptors (Lipinski definition) is 5. The summed E-state index contributed by atoms with van der Waals surface area (Å²) in [6, 6.07) is 24.4. The molecule has 4 rings (SSSR count). The second-order valence-corrected chi connectivity index (χ2v) is 9.93. The van der Waals surface area contributed by atoms with Crippen LogP contribution in [0.5, 0.6) is 0 Å². The lowest BCUT2D eigenvalue weighted by atomic mass is 10.1. The maximum atomic E-state index is 13.4. The van der Waals surface area contributed by atoms with E-state index in [1.54, 1.807) is 12.1 Å². The summed E-state index contributed by atoms with van der Waals surface area (Å²) in [7, 11) is 0. The van der Waals surface area contributed by atoms with Crippen LogP contribution >= 0.6 is 34.3 Å². The van der Waals surface area contributed by atoms with Crippen LogP contribution in [0, 0.1) is 0 Å². The van der Waals surface area contributed by atoms with Gasteiger partial charge < -0.3 is 5.32 Å². The summed E-state index contributed by atoms with van der Waals surface area (Å²) in [4.78, 5) is 13.4. The number of halogens is 1. The van der Waals surface area contributed by atoms with Crippen molar-refractivity contribution in [3.8, 4) is 0 Å². The number of aromatic nitrogens is 2. The van der Waals surface area contributed by atoms with E-state index in [9.17, 15) is 13.6 Å². The number of anilines is 2. The molecule has 3 aromatic carbocycles. The molecule has 0 saturated carbocycles. The molecule has 0 aliphatic carbocycles. The van der Waals surface area contributed by atoms with E-state index in [-0.39, 0.29) is 23.3 Å². The van der Waals surface area contributed by atoms with E-state index in [2.05, 4.69) is 36.7 Å². The number of hydrogen-bond donors (Lipinski definition) is 2. The number of nitrogens with zero attached hydrogens (tertiary/aromatic N) is 3. The Labute approximate surface area is 224 Å². The maximum absolute atomic E-state index is 13.4. The van der Waals surface area contributed by atoms with Gasteiger partial charge >= 0.3 is 0 Å². The van der Waals surface area contributed by atoms with Crippen LogP contribution in [-0.4, -0.2) is 23.4 Å². The predicted molar refractivity (Wildman–Crippen MR) is 149 cm³/mol. The molecule has 1 amide bonds. The van der Waals surface area contributed by atoms with Gasteiger partial charge in [-0.3, -0.25) is 9.35 Å². The number of rotatable bonds is 9. The molecule has 0 fully saturated rings. The van der Waals surface area contributed by atoms with Gasteiger partial charge in [-0.05, 0) is 35.7 Å². The van der Waals surface area contributed by atoms with Crippen LogP contribution < -0.4 is 9.62 Å². The van der Waals surface area contributed by atoms with E-state index in [0.29, 0.717) is 22.2 Å². The summed E-state index contributed by atoms with van der Waals surface area (Å²) in [5, 5.41) is 3.00. The third-order valence-corrected chi connectivity index (χ3v) is 7.55. The average molecular weight is 619 g/mol. The van der Waals surface area contributed by atoms with Crippen molar-refractivity contribution in [2.75, 3.05) is 4.31 Å². The fraction of sp³-hybridized carbons (Fsp3) is 0.160. The zero-order valence-electron chi connectivity index (χ0n) is 18.8. The first-order valence-electron chi connectivity index (χ1n) is 10.8. The minimum atomic E-state index is -2.48. The first-order chi connectivity index (χ1) is 17.0. The van der Waals surface area contributed by atoms with Gasteiger partial charge in [-0.25, -0.2) is 8.51 Å². The molecule has 1 aromatic heterocycles. The summed E-state index contributed by atoms with van der Waals surface area (Å²) in [6.07, 6.45) is 0.443. The van der Waals surface area contributed by atoms with Gasteiger partial charge in [0, 0.05) is 10.8 Å². The van der Waals surface area contributed by atoms with E-state index in [1.807, 2.05) is 73.7 Å². The molecule has 2 N–H and O–H groups in total. The van der Waals surface area contributed by atoms with Crippen LogP contribution in [0.4, 0.5) is 11.5 Å². The van der Waals surface area contributed by atoms with E-state index in [0.717, 1.165) is 28.4 Å². The van der Waals surface area contributed by atoms with Crippen LogP contribution in [0.2, 0.25) is 0 Å². The molecular formula is C25H23IN4O3S2. The van der Waals surface area contributed by atoms with Crippen LogP contribution in [0.15, 0.2) is 78.9 Å². The Morgan fingerprint density at radius 1 is 1.06 bits per heavy atom. The second kappa shape index (κ2) is 11.8. The summed E-state index contributed by atoms with van der Waals surface area (Å²) >= 11 is 0.705. The van der Waals surface area contributed by atoms with Crippen molar-refractivity contribution in [2.24, 2.45) is 0 Å². The fourth-order valence-electron chi connectivity index (χ4n) is 3.65. The smallest absolute Gasteiger partial charge is 0.268 e. The zero-order valence-corrected chi connectivity index (χ0v) is 22.6. The molecule has 1 heterocycles. The highest BCUT2D eigenvalue weighted by Gasteiger charge is 2.28. The van der Waals surface area contributed by atoms with Crippen molar-refractivity contribution in [1.29, 1.82) is 0 Å². The van der Waals surface area contributed by atoms with Gasteiger partial charge in [-0.1, -0.05) is 89.3 Å². The van der Waals surface area contributed by atoms with Gasteiger partial charge in [0.1, 0.15) is 5.69 Å². The van der Waals surface area contributed by atoms with Gasteiger partial charge in [-0.15, -0.1) is 0 Å². The van der Waals surface area contributed by atoms with Crippen molar-refractivity contribution < 1.29 is 13.6 Å². The van der Waals surface area contributed by atoms with Crippen molar-refractivity contribution in [3.05, 3.63) is 107 Å². The van der Waals surface area contributed by atoms with Crippen LogP contribution in [0.25, 0.3) is 0 Å². The Kier molecular flexibility index (Phi) is 8.60. The third-order valence-electron chi connectivity index (χ3n) is 5.43. The molecule has 10 heteroatoms. The molecule has 0 aliphatic rings. The Bertz CT molecular complexity index is 1320. The Morgan fingerprint density at radius 2 is 1.74 bits per heavy atom. The normalized spacial score (nSPS) is 12.7. The molecule has 0 radical (unpaired) electrons. The van der Waals surface area contributed by atoms with Gasteiger partial charge in [0.15, 0.2) is 5.82 Å². The van der Waals surface area contributed by atoms with Gasteiger partial charge in [-0.2, -0.15) is 8.75 Å². The van der Waals surface area contributed by atoms with Crippen LogP contribution in [0.3, 0.4) is 0 Å². The van der Waals surface area contributed by atoms with Gasteiger partial charge in [0.05, 0.1) is 29.0 Å². The fourth-order valence-corrected chi connectivity index (χ4v) is 5.34. The molecule has 0 bridgehead atoms. The number of benzene rings is 3. The number of amides is 1. The molecule has 35 heavy (non-hydrogen) atoms. The number of nitrogens with one attached hydrogen (secondary N) is 1. The van der Waals surface area contributed by atoms with E-state index < -0.39 is 11.3 Å². The van der Waals surface area contributed by atoms with Crippen molar-refractivity contribution in [1.82, 2.24) is 14.1 Å². The van der Waals surface area contributed by atoms with E-state index in [4.69, 9.17) is 0 Å². The molecule has 2 atom stereocenters. The predicted octanol–water partition coefficient (Wildman–Crippen LogP) is 5.83. The molecule has 180 valence electrons. The molecule has 0 spiro atoms. The molecule has 2 unspecified atom stereocenters. The van der Waals surface area contributed by atoms with Crippen LogP contribution in [0.1, 0.15) is 45.7 Å². The SMILES string of the molecule is CC(NC(=O)c1ccc(CI)cc1N(c1nsnc1Cc1ccccc1)S(=O)O)c1ccccc1. The lowest BCUT2D eigenvalue weighted by Crippen LogP contribution is -2.30. The molecule has 0 saturated heterocycles. The molecular weight excluding hydrogens is 595 g/mol. The lowest BCUT2D eigenvalue weighted by Gasteiger charge is -2.23. The summed E-state index contributed by atoms with van der Waals surface area (Å²) in [6.45, 7) is 1.90. The highest BCUT2D eigenvalue weighted by Crippen LogP contribution is 2.34. The molecule has 0 aliphatic heterocycles. The zero-order chi connectivity index (χ0) is 24.8. The number of carbonyl (C=O) groups is 1. The maximum Gasteiger partial charge on any atom is 0.268 e. The van der Waals surface area contributed by atoms with Crippen LogP contribution in [-0.2, 0) is 22.1 Å². The Balaban J connectivity index is 1.72. The quantitative estimate of drug-likeness (QED) is 0.140. The number of carbonyl (C=O) groups excluding carboxylic acids is 1. The molecule has 7 nitrogen and oxygen atoms in total. The van der Waals surface area contributed by atoms with E-state index in [1.165, 1.54) is 4.31 Å². The number of alkyl halides is 1. The van der Waals surface area contributed by atoms with Crippen molar-refractivity contribution in [3.63, 3.8) is 0 Å². The molecule has 4 aromatic rings. The van der Waals surface area contributed by atoms with Crippen molar-refractivity contribution >= 4 is 63.0 Å². The van der Waals surface area contributed by atoms with Gasteiger partial charge in [0.2, 0.25) is 0 Å². The second-order valence-electron chi connectivity index (χ2n) is 7.81. The topological polar surface area (TPSA) is 95.4 Å². The highest BCUT2D eigenvalue weighted by molar-refractivity contribution is 14.1. The summed E-state index contributed by atoms with van der Waals surface area (Å²) in [5.41, 5.74) is 4.02. The van der Waals surface area contributed by atoms with Crippen molar-refractivity contribution in [2.45, 2.75) is 23.8 Å². The largest absolute Gasteiger partial charge is 0.345 e. The van der Waals surface area contributed by atoms with E-state index >= 15 is 0 Å². The third kappa shape index (κ3) is 6.13. The first kappa shape index (κ1) is 25.4. The van der Waals surface area contributed by atoms with Gasteiger partial charge in [0.25, 0.3) is 17.2 Å². The monoisotopic (exact) mass is 618 g/mol. The Hall–Kier alpha value is -2.67. The minimum Gasteiger partial charge on any atom is -0.345 e. The standard InChI is InChI=1S/C25H23IN4O3S2/c1-17(20-10-6-3-7-11-20)27-25(31)21-13-12-19(16-26)15-23(21)30(35(32)33)24-22(28-34-29-24)14-18-8-4-2-5-9-18/h2-13,15,17H,14,16H2,1H3,(H,27,31)(H,32,33). The first-order valence-corrected chi connectivity index (χ1v) is 14.1. The minimum absolute atomic E-state index is 0.247. The summed E-state index contributed by atoms with van der Waals surface area (Å²) in [5.74, 6) is -0.0879. The highest BCUT2D eigenvalue weighted by atomic mass is 127. The Morgan fingerprint density at radius 3 is 2.40 bits per heavy atom. The summed E-state index contributed by atoms with van der Waals surface area (Å²) < 4.78 is 33.6. The average Bonchev–Trinajstić information content (AvgIpc) is 3.32.